The highest BCUT2D eigenvalue weighted by molar-refractivity contribution is 7.91. The summed E-state index contributed by atoms with van der Waals surface area (Å²) in [6.45, 7) is 1.49. The smallest absolute Gasteiger partial charge is 0.270 e. The average Bonchev–Trinajstić information content (AvgIpc) is 2.47. The molecule has 0 fully saturated rings. The Morgan fingerprint density at radius 2 is 2.10 bits per heavy atom. The molecule has 0 aliphatic heterocycles. The first-order chi connectivity index (χ1) is 9.85. The van der Waals surface area contributed by atoms with E-state index < -0.39 is 14.8 Å². The Hall–Kier alpha value is -2.55. The summed E-state index contributed by atoms with van der Waals surface area (Å²) in [6.07, 6.45) is 1.12. The van der Waals surface area contributed by atoms with Crippen LogP contribution in [0.15, 0.2) is 35.4 Å². The molecule has 2 rings (SSSR count). The fraction of sp³-hybridized carbons (Fsp3) is 0.167. The second-order valence-corrected chi connectivity index (χ2v) is 6.40. The number of anilines is 1. The van der Waals surface area contributed by atoms with Crippen molar-refractivity contribution in [3.05, 3.63) is 40.6 Å². The number of nitrogens with two attached hydrogens (primary N) is 1. The van der Waals surface area contributed by atoms with Crippen LogP contribution in [0.5, 0.6) is 0 Å². The number of aromatic nitrogens is 2. The molecule has 0 amide bonds. The van der Waals surface area contributed by atoms with E-state index in [1.165, 1.54) is 31.2 Å². The predicted molar refractivity (Wildman–Crippen MR) is 76.3 cm³/mol. The van der Waals surface area contributed by atoms with E-state index in [1.54, 1.807) is 0 Å². The van der Waals surface area contributed by atoms with Gasteiger partial charge in [0.2, 0.25) is 5.95 Å². The summed E-state index contributed by atoms with van der Waals surface area (Å²) in [5.41, 5.74) is 5.69. The van der Waals surface area contributed by atoms with Gasteiger partial charge in [0.25, 0.3) is 5.69 Å². The van der Waals surface area contributed by atoms with Crippen LogP contribution in [0.25, 0.3) is 11.3 Å². The summed E-state index contributed by atoms with van der Waals surface area (Å²) in [5.74, 6) is -0.242. The van der Waals surface area contributed by atoms with Gasteiger partial charge in [0.1, 0.15) is 4.90 Å². The second-order valence-electron chi connectivity index (χ2n) is 4.15. The lowest BCUT2D eigenvalue weighted by atomic mass is 10.1. The minimum Gasteiger partial charge on any atom is -0.368 e. The maximum atomic E-state index is 12.1. The maximum Gasteiger partial charge on any atom is 0.270 e. The van der Waals surface area contributed by atoms with Crippen molar-refractivity contribution in [2.24, 2.45) is 0 Å². The van der Waals surface area contributed by atoms with Crippen molar-refractivity contribution in [2.75, 3.05) is 11.5 Å². The Morgan fingerprint density at radius 3 is 2.71 bits per heavy atom. The highest BCUT2D eigenvalue weighted by Gasteiger charge is 2.21. The highest BCUT2D eigenvalue weighted by atomic mass is 32.2. The minimum atomic E-state index is -3.58. The van der Waals surface area contributed by atoms with Gasteiger partial charge in [-0.25, -0.2) is 18.4 Å². The molecule has 8 nitrogen and oxygen atoms in total. The highest BCUT2D eigenvalue weighted by Crippen LogP contribution is 2.28. The van der Waals surface area contributed by atoms with Crippen LogP contribution >= 0.6 is 0 Å². The number of rotatable bonds is 4. The molecule has 9 heteroatoms. The standard InChI is InChI=1S/C12H12N4O4S/c1-2-21(19,20)10-7-14-12(13)15-11(10)8-4-3-5-9(6-8)16(17)18/h3-7H,2H2,1H3,(H2,13,14,15). The Morgan fingerprint density at radius 1 is 1.38 bits per heavy atom. The van der Waals surface area contributed by atoms with Gasteiger partial charge in [-0.05, 0) is 0 Å². The Bertz CT molecular complexity index is 805. The van der Waals surface area contributed by atoms with E-state index in [9.17, 15) is 18.5 Å². The summed E-state index contributed by atoms with van der Waals surface area (Å²) >= 11 is 0. The van der Waals surface area contributed by atoms with Gasteiger partial charge >= 0.3 is 0 Å². The van der Waals surface area contributed by atoms with Crippen LogP contribution in [0.2, 0.25) is 0 Å². The van der Waals surface area contributed by atoms with Crippen molar-refractivity contribution in [1.29, 1.82) is 0 Å². The third-order valence-electron chi connectivity index (χ3n) is 2.82. The van der Waals surface area contributed by atoms with Crippen molar-refractivity contribution in [3.8, 4) is 11.3 Å². The zero-order valence-electron chi connectivity index (χ0n) is 11.1. The Balaban J connectivity index is 2.71. The zero-order valence-corrected chi connectivity index (χ0v) is 11.9. The van der Waals surface area contributed by atoms with Crippen molar-refractivity contribution >= 4 is 21.5 Å². The third-order valence-corrected chi connectivity index (χ3v) is 4.55. The monoisotopic (exact) mass is 308 g/mol. The first-order valence-electron chi connectivity index (χ1n) is 5.95. The Labute approximate surface area is 120 Å². The van der Waals surface area contributed by atoms with E-state index in [1.807, 2.05) is 0 Å². The van der Waals surface area contributed by atoms with Crippen LogP contribution in [-0.2, 0) is 9.84 Å². The molecule has 0 aliphatic rings. The van der Waals surface area contributed by atoms with Gasteiger partial charge in [0, 0.05) is 17.7 Å². The van der Waals surface area contributed by atoms with Crippen molar-refractivity contribution in [3.63, 3.8) is 0 Å². The van der Waals surface area contributed by atoms with E-state index in [4.69, 9.17) is 5.73 Å². The lowest BCUT2D eigenvalue weighted by molar-refractivity contribution is -0.384. The van der Waals surface area contributed by atoms with Gasteiger partial charge in [-0.3, -0.25) is 10.1 Å². The molecular weight excluding hydrogens is 296 g/mol. The van der Waals surface area contributed by atoms with E-state index in [-0.39, 0.29) is 28.0 Å². The predicted octanol–water partition coefficient (Wildman–Crippen LogP) is 1.43. The topological polar surface area (TPSA) is 129 Å². The molecule has 0 saturated heterocycles. The molecule has 0 radical (unpaired) electrons. The van der Waals surface area contributed by atoms with Crippen LogP contribution in [0.1, 0.15) is 6.92 Å². The molecule has 0 atom stereocenters. The van der Waals surface area contributed by atoms with Gasteiger partial charge in [0.05, 0.1) is 22.6 Å². The molecule has 0 bridgehead atoms. The number of non-ortho nitro benzene ring substituents is 1. The zero-order chi connectivity index (χ0) is 15.6. The lowest BCUT2D eigenvalue weighted by Gasteiger charge is -2.08. The van der Waals surface area contributed by atoms with Gasteiger partial charge < -0.3 is 5.73 Å². The number of nitro benzene ring substituents is 1. The van der Waals surface area contributed by atoms with Crippen LogP contribution < -0.4 is 5.73 Å². The van der Waals surface area contributed by atoms with Gasteiger partial charge in [-0.2, -0.15) is 0 Å². The van der Waals surface area contributed by atoms with Crippen LogP contribution in [0.4, 0.5) is 11.6 Å². The van der Waals surface area contributed by atoms with Crippen LogP contribution in [-0.4, -0.2) is 29.1 Å². The maximum absolute atomic E-state index is 12.1. The van der Waals surface area contributed by atoms with Gasteiger partial charge in [-0.15, -0.1) is 0 Å². The summed E-state index contributed by atoms with van der Waals surface area (Å²) in [6, 6.07) is 5.54. The van der Waals surface area contributed by atoms with Crippen LogP contribution in [0, 0.1) is 10.1 Å². The molecule has 1 heterocycles. The SMILES string of the molecule is CCS(=O)(=O)c1cnc(N)nc1-c1cccc([N+](=O)[O-])c1. The molecule has 0 aliphatic carbocycles. The molecule has 2 N–H and O–H groups in total. The fourth-order valence-electron chi connectivity index (χ4n) is 1.74. The number of nitrogen functional groups attached to an aromatic ring is 1. The summed E-state index contributed by atoms with van der Waals surface area (Å²) < 4.78 is 24.1. The number of benzene rings is 1. The van der Waals surface area contributed by atoms with Crippen molar-refractivity contribution in [2.45, 2.75) is 11.8 Å². The normalized spacial score (nSPS) is 11.3. The van der Waals surface area contributed by atoms with Crippen molar-refractivity contribution < 1.29 is 13.3 Å². The quantitative estimate of drug-likeness (QED) is 0.668. The number of hydrogen-bond donors (Lipinski definition) is 1. The average molecular weight is 308 g/mol. The molecule has 110 valence electrons. The fourth-order valence-corrected chi connectivity index (χ4v) is 2.72. The molecule has 1 aromatic heterocycles. The number of hydrogen-bond acceptors (Lipinski definition) is 7. The summed E-state index contributed by atoms with van der Waals surface area (Å²) in [7, 11) is -3.58. The van der Waals surface area contributed by atoms with Gasteiger partial charge in [-0.1, -0.05) is 19.1 Å². The molecular formula is C12H12N4O4S. The number of sulfone groups is 1. The van der Waals surface area contributed by atoms with E-state index in [2.05, 4.69) is 9.97 Å². The number of nitrogens with zero attached hydrogens (tertiary/aromatic N) is 3. The second kappa shape index (κ2) is 5.44. The summed E-state index contributed by atoms with van der Waals surface area (Å²) in [5, 5.41) is 10.8. The molecule has 0 unspecified atom stereocenters. The molecule has 2 aromatic rings. The Kier molecular flexibility index (Phi) is 3.85. The lowest BCUT2D eigenvalue weighted by Crippen LogP contribution is -2.09. The van der Waals surface area contributed by atoms with E-state index in [0.717, 1.165) is 6.20 Å². The van der Waals surface area contributed by atoms with E-state index in [0.29, 0.717) is 5.56 Å². The minimum absolute atomic E-state index is 0.0630. The van der Waals surface area contributed by atoms with E-state index >= 15 is 0 Å². The first-order valence-corrected chi connectivity index (χ1v) is 7.60. The molecule has 0 saturated carbocycles. The third kappa shape index (κ3) is 2.97. The number of nitro groups is 1. The summed E-state index contributed by atoms with van der Waals surface area (Å²) in [4.78, 5) is 17.8. The van der Waals surface area contributed by atoms with Crippen molar-refractivity contribution in [1.82, 2.24) is 9.97 Å². The molecule has 0 spiro atoms. The largest absolute Gasteiger partial charge is 0.368 e. The molecule has 21 heavy (non-hydrogen) atoms. The van der Waals surface area contributed by atoms with Gasteiger partial charge in [0.15, 0.2) is 9.84 Å². The van der Waals surface area contributed by atoms with Crippen LogP contribution in [0.3, 0.4) is 0 Å². The molecule has 1 aromatic carbocycles. The first kappa shape index (κ1) is 14.9.